The number of hydrogen-bond acceptors (Lipinski definition) is 4. The molecule has 0 amide bonds. The fourth-order valence-electron chi connectivity index (χ4n) is 12.0. The van der Waals surface area contributed by atoms with Crippen LogP contribution >= 0.6 is 0 Å². The molecule has 2 aliphatic heterocycles. The van der Waals surface area contributed by atoms with E-state index >= 15 is 0 Å². The molecule has 0 aromatic rings. The van der Waals surface area contributed by atoms with Gasteiger partial charge in [-0.15, -0.1) is 0 Å². The zero-order valence-corrected chi connectivity index (χ0v) is 13.4. The van der Waals surface area contributed by atoms with Crippen LogP contribution in [0.4, 0.5) is 0 Å². The van der Waals surface area contributed by atoms with Crippen LogP contribution in [0.2, 0.25) is 0 Å². The van der Waals surface area contributed by atoms with E-state index < -0.39 is 10.8 Å². The molecule has 0 N–H and O–H groups in total. The average molecular weight is 324 g/mol. The second kappa shape index (κ2) is 2.77. The smallest absolute Gasteiger partial charge is 0.314 e. The van der Waals surface area contributed by atoms with Crippen LogP contribution in [0.5, 0.6) is 0 Å². The van der Waals surface area contributed by atoms with Gasteiger partial charge in [-0.1, -0.05) is 0 Å². The average Bonchev–Trinajstić information content (AvgIpc) is 3.34. The van der Waals surface area contributed by atoms with E-state index in [1.807, 2.05) is 0 Å². The largest absolute Gasteiger partial charge is 0.462 e. The molecule has 0 aromatic heterocycles. The predicted octanol–water partition coefficient (Wildman–Crippen LogP) is 1.63. The summed E-state index contributed by atoms with van der Waals surface area (Å²) in [5.74, 6) is 5.71. The second-order valence-corrected chi connectivity index (χ2v) is 10.5. The summed E-state index contributed by atoms with van der Waals surface area (Å²) < 4.78 is 12.2. The normalized spacial score (nSPS) is 78.5. The first-order valence-corrected chi connectivity index (χ1v) is 10.2. The van der Waals surface area contributed by atoms with Crippen LogP contribution in [-0.2, 0) is 19.1 Å². The fraction of sp³-hybridized carbons (Fsp3) is 0.900. The van der Waals surface area contributed by atoms with Crippen molar-refractivity contribution in [3.05, 3.63) is 0 Å². The molecule has 4 heteroatoms. The van der Waals surface area contributed by atoms with Gasteiger partial charge < -0.3 is 9.47 Å². The number of carbonyl (C=O) groups is 2. The molecule has 8 saturated carbocycles. The predicted molar refractivity (Wildman–Crippen MR) is 78.0 cm³/mol. The van der Waals surface area contributed by atoms with Gasteiger partial charge in [0.15, 0.2) is 0 Å². The lowest BCUT2D eigenvalue weighted by Gasteiger charge is -2.62. The Hall–Kier alpha value is -1.06. The van der Waals surface area contributed by atoms with Crippen molar-refractivity contribution in [3.63, 3.8) is 0 Å². The molecule has 8 bridgehead atoms. The lowest BCUT2D eigenvalue weighted by molar-refractivity contribution is -0.250. The van der Waals surface area contributed by atoms with Crippen LogP contribution in [-0.4, -0.2) is 24.1 Å². The van der Waals surface area contributed by atoms with Gasteiger partial charge in [0.05, 0.1) is 10.8 Å². The van der Waals surface area contributed by atoms with E-state index in [2.05, 4.69) is 0 Å². The first kappa shape index (κ1) is 11.5. The molecular weight excluding hydrogens is 304 g/mol. The Labute approximate surface area is 139 Å². The number of carbonyl (C=O) groups excluding carboxylic acids is 2. The SMILES string of the molecule is O=C1OC2CCC3C2C2C4C5C6C7CCC8OC(=O)C(C34)(C5C87)C162. The summed E-state index contributed by atoms with van der Waals surface area (Å²) in [5, 5.41) is 0. The third-order valence-electron chi connectivity index (χ3n) is 11.3. The summed E-state index contributed by atoms with van der Waals surface area (Å²) in [4.78, 5) is 27.0. The van der Waals surface area contributed by atoms with Crippen molar-refractivity contribution in [1.82, 2.24) is 0 Å². The van der Waals surface area contributed by atoms with E-state index in [0.29, 0.717) is 59.2 Å². The van der Waals surface area contributed by atoms with Gasteiger partial charge in [-0.2, -0.15) is 0 Å². The zero-order valence-electron chi connectivity index (χ0n) is 13.4. The van der Waals surface area contributed by atoms with E-state index in [0.717, 1.165) is 12.8 Å². The minimum atomic E-state index is -0.451. The molecule has 14 atom stereocenters. The van der Waals surface area contributed by atoms with Crippen LogP contribution in [0.15, 0.2) is 0 Å². The fourth-order valence-corrected chi connectivity index (χ4v) is 12.0. The number of ether oxygens (including phenoxy) is 2. The first-order valence-electron chi connectivity index (χ1n) is 10.2. The first-order chi connectivity index (χ1) is 11.7. The molecule has 4 nitrogen and oxygen atoms in total. The monoisotopic (exact) mass is 324 g/mol. The second-order valence-electron chi connectivity index (χ2n) is 10.5. The highest BCUT2D eigenvalue weighted by Gasteiger charge is 3.03. The van der Waals surface area contributed by atoms with Crippen LogP contribution < -0.4 is 0 Å². The number of hydrogen-bond donors (Lipinski definition) is 0. The molecule has 8 aliphatic carbocycles. The maximum Gasteiger partial charge on any atom is 0.314 e. The van der Waals surface area contributed by atoms with Crippen LogP contribution in [0.25, 0.3) is 0 Å². The minimum absolute atomic E-state index is 0.0392. The van der Waals surface area contributed by atoms with Crippen molar-refractivity contribution in [2.24, 2.45) is 70.0 Å². The highest BCUT2D eigenvalue weighted by atomic mass is 16.6. The van der Waals surface area contributed by atoms with Crippen molar-refractivity contribution in [3.8, 4) is 0 Å². The van der Waals surface area contributed by atoms with Gasteiger partial charge in [0.2, 0.25) is 0 Å². The Morgan fingerprint density at radius 2 is 1.08 bits per heavy atom. The molecule has 14 unspecified atom stereocenters. The molecule has 24 heavy (non-hydrogen) atoms. The molecule has 10 fully saturated rings. The molecule has 10 rings (SSSR count). The standard InChI is InChI=1S/C20H20O4/c21-17-19-13-5-1-3-7-9(5)15-11(13)12-14(20(15,19)18(22)23-7)6-2-4-8(24-17)10(6)16(12)19/h5-16H,1-4H2. The van der Waals surface area contributed by atoms with Crippen molar-refractivity contribution in [1.29, 1.82) is 0 Å². The maximum atomic E-state index is 13.5. The molecule has 124 valence electrons. The van der Waals surface area contributed by atoms with Crippen molar-refractivity contribution < 1.29 is 19.1 Å². The highest BCUT2D eigenvalue weighted by molar-refractivity contribution is 5.96. The highest BCUT2D eigenvalue weighted by Crippen LogP contribution is 2.99. The molecule has 10 aliphatic rings. The van der Waals surface area contributed by atoms with Crippen molar-refractivity contribution in [2.45, 2.75) is 37.9 Å². The van der Waals surface area contributed by atoms with E-state index in [1.54, 1.807) is 0 Å². The van der Waals surface area contributed by atoms with Crippen LogP contribution in [0.3, 0.4) is 0 Å². The van der Waals surface area contributed by atoms with E-state index in [9.17, 15) is 9.59 Å². The summed E-state index contributed by atoms with van der Waals surface area (Å²) >= 11 is 0. The van der Waals surface area contributed by atoms with E-state index in [1.165, 1.54) is 12.8 Å². The summed E-state index contributed by atoms with van der Waals surface area (Å²) in [6.45, 7) is 0. The Bertz CT molecular complexity index is 723. The van der Waals surface area contributed by atoms with Gasteiger partial charge in [0.1, 0.15) is 12.2 Å². The molecule has 2 heterocycles. The van der Waals surface area contributed by atoms with Crippen molar-refractivity contribution in [2.75, 3.05) is 0 Å². The molecular formula is C20H20O4. The van der Waals surface area contributed by atoms with Gasteiger partial charge in [-0.3, -0.25) is 9.59 Å². The van der Waals surface area contributed by atoms with Gasteiger partial charge in [0.25, 0.3) is 0 Å². The Morgan fingerprint density at radius 3 is 1.54 bits per heavy atom. The Kier molecular flexibility index (Phi) is 1.33. The van der Waals surface area contributed by atoms with Crippen molar-refractivity contribution >= 4 is 11.9 Å². The summed E-state index contributed by atoms with van der Waals surface area (Å²) in [6, 6.07) is 0. The summed E-state index contributed by atoms with van der Waals surface area (Å²) in [5.41, 5.74) is -0.902. The quantitative estimate of drug-likeness (QED) is 0.636. The number of rotatable bonds is 0. The Balaban J connectivity index is 1.45. The molecule has 0 aromatic carbocycles. The van der Waals surface area contributed by atoms with Gasteiger partial charge in [-0.25, -0.2) is 0 Å². The van der Waals surface area contributed by atoms with Crippen LogP contribution in [0, 0.1) is 70.0 Å². The number of esters is 2. The minimum Gasteiger partial charge on any atom is -0.462 e. The third kappa shape index (κ3) is 0.641. The van der Waals surface area contributed by atoms with E-state index in [-0.39, 0.29) is 24.1 Å². The maximum absolute atomic E-state index is 13.5. The summed E-state index contributed by atoms with van der Waals surface area (Å²) in [7, 11) is 0. The van der Waals surface area contributed by atoms with E-state index in [4.69, 9.17) is 9.47 Å². The molecule has 2 spiro atoms. The summed E-state index contributed by atoms with van der Waals surface area (Å²) in [6.07, 6.45) is 4.77. The topological polar surface area (TPSA) is 52.6 Å². The zero-order chi connectivity index (χ0) is 15.3. The van der Waals surface area contributed by atoms with Crippen LogP contribution in [0.1, 0.15) is 25.7 Å². The molecule has 0 radical (unpaired) electrons. The van der Waals surface area contributed by atoms with Gasteiger partial charge >= 0.3 is 11.9 Å². The lowest BCUT2D eigenvalue weighted by Crippen LogP contribution is -2.71. The molecule has 2 saturated heterocycles. The van der Waals surface area contributed by atoms with Gasteiger partial charge in [-0.05, 0) is 73.0 Å². The lowest BCUT2D eigenvalue weighted by atomic mass is 9.42. The van der Waals surface area contributed by atoms with Gasteiger partial charge in [0, 0.05) is 11.8 Å². The Morgan fingerprint density at radius 1 is 0.625 bits per heavy atom. The third-order valence-corrected chi connectivity index (χ3v) is 11.3.